The summed E-state index contributed by atoms with van der Waals surface area (Å²) in [7, 11) is -1.56. The first-order valence-corrected chi connectivity index (χ1v) is 8.84. The van der Waals surface area contributed by atoms with E-state index in [1.165, 1.54) is 5.69 Å². The minimum Gasteiger partial charge on any atom is -0.348 e. The average molecular weight is 332 g/mol. The summed E-state index contributed by atoms with van der Waals surface area (Å²) in [4.78, 5) is 0.231. The Balaban J connectivity index is 1.86. The first kappa shape index (κ1) is 15.8. The fourth-order valence-electron chi connectivity index (χ4n) is 2.83. The van der Waals surface area contributed by atoms with Gasteiger partial charge in [-0.05, 0) is 44.5 Å². The van der Waals surface area contributed by atoms with Crippen molar-refractivity contribution in [3.8, 4) is 0 Å². The van der Waals surface area contributed by atoms with E-state index in [0.717, 1.165) is 16.5 Å². The Morgan fingerprint density at radius 3 is 2.61 bits per heavy atom. The number of sulfonamides is 1. The molecule has 0 aliphatic carbocycles. The monoisotopic (exact) mass is 332 g/mol. The van der Waals surface area contributed by atoms with Gasteiger partial charge in [0.2, 0.25) is 10.0 Å². The molecule has 6 nitrogen and oxygen atoms in total. The van der Waals surface area contributed by atoms with Crippen molar-refractivity contribution in [2.24, 2.45) is 7.05 Å². The second kappa shape index (κ2) is 5.50. The Hall–Kier alpha value is -2.12. The van der Waals surface area contributed by atoms with Crippen LogP contribution in [0, 0.1) is 20.8 Å². The lowest BCUT2D eigenvalue weighted by Gasteiger charge is -2.07. The van der Waals surface area contributed by atoms with Crippen LogP contribution in [0.3, 0.4) is 0 Å². The van der Waals surface area contributed by atoms with E-state index < -0.39 is 10.0 Å². The van der Waals surface area contributed by atoms with E-state index in [9.17, 15) is 8.42 Å². The van der Waals surface area contributed by atoms with E-state index in [1.54, 1.807) is 13.8 Å². The summed E-state index contributed by atoms with van der Waals surface area (Å²) >= 11 is 0. The molecule has 0 aliphatic rings. The van der Waals surface area contributed by atoms with Gasteiger partial charge in [0.05, 0.1) is 11.4 Å². The second-order valence-electron chi connectivity index (χ2n) is 5.83. The van der Waals surface area contributed by atoms with Gasteiger partial charge < -0.3 is 4.57 Å². The number of H-pyrrole nitrogens is 1. The molecule has 0 saturated heterocycles. The Morgan fingerprint density at radius 2 is 1.96 bits per heavy atom. The van der Waals surface area contributed by atoms with E-state index >= 15 is 0 Å². The average Bonchev–Trinajstić information content (AvgIpc) is 2.97. The molecule has 0 radical (unpaired) electrons. The van der Waals surface area contributed by atoms with Gasteiger partial charge in [0, 0.05) is 30.2 Å². The zero-order valence-electron chi connectivity index (χ0n) is 13.6. The van der Waals surface area contributed by atoms with Crippen LogP contribution in [0.4, 0.5) is 0 Å². The maximum absolute atomic E-state index is 12.5. The molecule has 0 amide bonds. The lowest BCUT2D eigenvalue weighted by Crippen LogP contribution is -2.24. The molecule has 7 heteroatoms. The molecule has 3 aromatic rings. The number of hydrogen-bond acceptors (Lipinski definition) is 3. The van der Waals surface area contributed by atoms with Gasteiger partial charge in [-0.25, -0.2) is 13.1 Å². The molecule has 2 aromatic heterocycles. The van der Waals surface area contributed by atoms with Crippen LogP contribution in [-0.2, 0) is 23.6 Å². The van der Waals surface area contributed by atoms with E-state index in [2.05, 4.69) is 25.6 Å². The second-order valence-corrected chi connectivity index (χ2v) is 7.53. The Bertz CT molecular complexity index is 964. The van der Waals surface area contributed by atoms with Crippen molar-refractivity contribution in [2.45, 2.75) is 32.2 Å². The standard InChI is InChI=1S/C16H20N4O2S/c1-10-7-14-8-13(5-6-15(14)20(10)4)9-17-23(21,22)16-11(2)18-19-12(16)3/h5-8,17H,9H2,1-4H3,(H,18,19). The Labute approximate surface area is 135 Å². The van der Waals surface area contributed by atoms with Crippen molar-refractivity contribution in [3.63, 3.8) is 0 Å². The third kappa shape index (κ3) is 2.77. The van der Waals surface area contributed by atoms with Gasteiger partial charge in [-0.3, -0.25) is 5.10 Å². The smallest absolute Gasteiger partial charge is 0.244 e. The van der Waals surface area contributed by atoms with E-state index in [0.29, 0.717) is 11.4 Å². The minimum absolute atomic E-state index is 0.231. The van der Waals surface area contributed by atoms with Crippen LogP contribution in [0.1, 0.15) is 22.6 Å². The highest BCUT2D eigenvalue weighted by Gasteiger charge is 2.21. The van der Waals surface area contributed by atoms with Crippen LogP contribution in [-0.4, -0.2) is 23.2 Å². The minimum atomic E-state index is -3.58. The zero-order valence-corrected chi connectivity index (χ0v) is 14.5. The van der Waals surface area contributed by atoms with E-state index in [-0.39, 0.29) is 11.4 Å². The van der Waals surface area contributed by atoms with Gasteiger partial charge in [0.1, 0.15) is 4.90 Å². The van der Waals surface area contributed by atoms with Gasteiger partial charge >= 0.3 is 0 Å². The molecule has 1 aromatic carbocycles. The Morgan fingerprint density at radius 1 is 1.22 bits per heavy atom. The van der Waals surface area contributed by atoms with Crippen molar-refractivity contribution < 1.29 is 8.42 Å². The predicted molar refractivity (Wildman–Crippen MR) is 89.7 cm³/mol. The van der Waals surface area contributed by atoms with Crippen LogP contribution in [0.2, 0.25) is 0 Å². The third-order valence-electron chi connectivity index (χ3n) is 4.14. The normalized spacial score (nSPS) is 12.2. The van der Waals surface area contributed by atoms with Crippen molar-refractivity contribution in [3.05, 3.63) is 46.9 Å². The molecule has 0 saturated carbocycles. The first-order valence-electron chi connectivity index (χ1n) is 7.36. The summed E-state index contributed by atoms with van der Waals surface area (Å²) < 4.78 is 29.7. The molecule has 0 atom stereocenters. The molecule has 3 rings (SSSR count). The number of aromatic amines is 1. The van der Waals surface area contributed by atoms with E-state index in [4.69, 9.17) is 0 Å². The van der Waals surface area contributed by atoms with Crippen molar-refractivity contribution in [2.75, 3.05) is 0 Å². The van der Waals surface area contributed by atoms with Crippen molar-refractivity contribution >= 4 is 20.9 Å². The fourth-order valence-corrected chi connectivity index (χ4v) is 4.22. The molecule has 2 N–H and O–H groups in total. The van der Waals surface area contributed by atoms with Crippen LogP contribution >= 0.6 is 0 Å². The summed E-state index contributed by atoms with van der Waals surface area (Å²) in [5.74, 6) is 0. The zero-order chi connectivity index (χ0) is 16.8. The molecule has 0 spiro atoms. The largest absolute Gasteiger partial charge is 0.348 e. The number of fused-ring (bicyclic) bond motifs is 1. The molecule has 23 heavy (non-hydrogen) atoms. The quantitative estimate of drug-likeness (QED) is 0.769. The highest BCUT2D eigenvalue weighted by Crippen LogP contribution is 2.21. The van der Waals surface area contributed by atoms with Crippen LogP contribution in [0.15, 0.2) is 29.2 Å². The number of aromatic nitrogens is 3. The lowest BCUT2D eigenvalue weighted by molar-refractivity contribution is 0.580. The summed E-state index contributed by atoms with van der Waals surface area (Å²) in [6.07, 6.45) is 0. The molecule has 0 fully saturated rings. The van der Waals surface area contributed by atoms with Crippen molar-refractivity contribution in [1.82, 2.24) is 19.5 Å². The van der Waals surface area contributed by atoms with Crippen LogP contribution in [0.5, 0.6) is 0 Å². The summed E-state index contributed by atoms with van der Waals surface area (Å²) in [5.41, 5.74) is 4.25. The molecule has 0 unspecified atom stereocenters. The summed E-state index contributed by atoms with van der Waals surface area (Å²) in [6.45, 7) is 5.67. The molecular formula is C16H20N4O2S. The fraction of sp³-hybridized carbons (Fsp3) is 0.312. The molecule has 0 bridgehead atoms. The third-order valence-corrected chi connectivity index (χ3v) is 5.81. The topological polar surface area (TPSA) is 79.8 Å². The highest BCUT2D eigenvalue weighted by atomic mass is 32.2. The van der Waals surface area contributed by atoms with Gasteiger partial charge in [0.25, 0.3) is 0 Å². The molecule has 2 heterocycles. The first-order chi connectivity index (χ1) is 10.8. The SMILES string of the molecule is Cc1n[nH]c(C)c1S(=O)(=O)NCc1ccc2c(c1)cc(C)n2C. The van der Waals surface area contributed by atoms with Crippen molar-refractivity contribution in [1.29, 1.82) is 0 Å². The summed E-state index contributed by atoms with van der Waals surface area (Å²) in [6, 6.07) is 8.07. The molecule has 0 aliphatic heterocycles. The highest BCUT2D eigenvalue weighted by molar-refractivity contribution is 7.89. The number of benzene rings is 1. The van der Waals surface area contributed by atoms with Gasteiger partial charge in [-0.1, -0.05) is 6.07 Å². The lowest BCUT2D eigenvalue weighted by atomic mass is 10.1. The predicted octanol–water partition coefficient (Wildman–Crippen LogP) is 2.31. The maximum Gasteiger partial charge on any atom is 0.244 e. The number of rotatable bonds is 4. The Kier molecular flexibility index (Phi) is 3.77. The number of nitrogens with zero attached hydrogens (tertiary/aromatic N) is 2. The van der Waals surface area contributed by atoms with Gasteiger partial charge in [-0.15, -0.1) is 0 Å². The van der Waals surface area contributed by atoms with Gasteiger partial charge in [0.15, 0.2) is 0 Å². The van der Waals surface area contributed by atoms with Crippen LogP contribution in [0.25, 0.3) is 10.9 Å². The number of aryl methyl sites for hydroxylation is 4. The van der Waals surface area contributed by atoms with E-state index in [1.807, 2.05) is 32.2 Å². The van der Waals surface area contributed by atoms with Gasteiger partial charge in [-0.2, -0.15) is 5.10 Å². The number of hydrogen-bond donors (Lipinski definition) is 2. The van der Waals surface area contributed by atoms with Crippen LogP contribution < -0.4 is 4.72 Å². The number of nitrogens with one attached hydrogen (secondary N) is 2. The molecule has 122 valence electrons. The maximum atomic E-state index is 12.5. The summed E-state index contributed by atoms with van der Waals surface area (Å²) in [5, 5.41) is 7.76. The molecular weight excluding hydrogens is 312 g/mol.